The monoisotopic (exact) mass is 134 g/mol. The van der Waals surface area contributed by atoms with Crippen LogP contribution in [0, 0.1) is 0 Å². The first-order chi connectivity index (χ1) is 4.22. The molecule has 1 N–H and O–H groups in total. The van der Waals surface area contributed by atoms with E-state index in [9.17, 15) is 9.18 Å². The number of carboxylic acids is 1. The van der Waals surface area contributed by atoms with Crippen molar-refractivity contribution in [2.45, 2.75) is 18.7 Å². The highest BCUT2D eigenvalue weighted by molar-refractivity contribution is 5.73. The number of aliphatic carboxylic acids is 1. The summed E-state index contributed by atoms with van der Waals surface area (Å²) in [4.78, 5) is 10.0. The Labute approximate surface area is 51.4 Å². The number of hydrogen-bond acceptors (Lipinski definition) is 2. The van der Waals surface area contributed by atoms with E-state index in [1.54, 1.807) is 0 Å². The summed E-state index contributed by atoms with van der Waals surface area (Å²) in [6, 6.07) is 0. The fourth-order valence-electron chi connectivity index (χ4n) is 0.789. The first-order valence-electron chi connectivity index (χ1n) is 2.70. The Morgan fingerprint density at radius 1 is 1.78 bits per heavy atom. The van der Waals surface area contributed by atoms with Gasteiger partial charge in [-0.05, 0) is 0 Å². The lowest BCUT2D eigenvalue weighted by Gasteiger charge is -2.03. The second-order valence-corrected chi connectivity index (χ2v) is 1.93. The largest absolute Gasteiger partial charge is 0.479 e. The zero-order chi connectivity index (χ0) is 6.85. The molecule has 1 aliphatic rings. The zero-order valence-electron chi connectivity index (χ0n) is 4.71. The molecular weight excluding hydrogens is 127 g/mol. The standard InChI is InChI=1S/C5H7FO3/c6-3-1-2-9-4(3)5(7)8/h3-4H,1-2H2,(H,7,8)/t3-,4+/m0/s1. The van der Waals surface area contributed by atoms with Crippen LogP contribution in [-0.4, -0.2) is 30.0 Å². The van der Waals surface area contributed by atoms with Gasteiger partial charge in [0.2, 0.25) is 0 Å². The van der Waals surface area contributed by atoms with E-state index in [1.165, 1.54) is 0 Å². The van der Waals surface area contributed by atoms with Crippen LogP contribution in [0.3, 0.4) is 0 Å². The Morgan fingerprint density at radius 2 is 2.44 bits per heavy atom. The van der Waals surface area contributed by atoms with Crippen molar-refractivity contribution in [2.75, 3.05) is 6.61 Å². The van der Waals surface area contributed by atoms with Gasteiger partial charge in [-0.3, -0.25) is 0 Å². The predicted molar refractivity (Wildman–Crippen MR) is 26.9 cm³/mol. The summed E-state index contributed by atoms with van der Waals surface area (Å²) < 4.78 is 16.9. The molecule has 1 fully saturated rings. The topological polar surface area (TPSA) is 46.5 Å². The number of rotatable bonds is 1. The molecule has 0 bridgehead atoms. The van der Waals surface area contributed by atoms with Crippen molar-refractivity contribution in [3.63, 3.8) is 0 Å². The average Bonchev–Trinajstić information content (AvgIpc) is 2.13. The summed E-state index contributed by atoms with van der Waals surface area (Å²) in [5, 5.41) is 8.22. The fourth-order valence-corrected chi connectivity index (χ4v) is 0.789. The van der Waals surface area contributed by atoms with E-state index < -0.39 is 18.2 Å². The van der Waals surface area contributed by atoms with Crippen molar-refractivity contribution < 1.29 is 19.0 Å². The third-order valence-electron chi connectivity index (χ3n) is 1.26. The van der Waals surface area contributed by atoms with E-state index in [-0.39, 0.29) is 13.0 Å². The van der Waals surface area contributed by atoms with Gasteiger partial charge in [-0.2, -0.15) is 0 Å². The summed E-state index contributed by atoms with van der Waals surface area (Å²) in [5.41, 5.74) is 0. The van der Waals surface area contributed by atoms with Crippen LogP contribution >= 0.6 is 0 Å². The third kappa shape index (κ3) is 1.18. The Kier molecular flexibility index (Phi) is 1.66. The van der Waals surface area contributed by atoms with E-state index in [2.05, 4.69) is 4.74 Å². The Bertz CT molecular complexity index is 125. The molecule has 0 radical (unpaired) electrons. The predicted octanol–water partition coefficient (Wildman–Crippen LogP) is 0.198. The van der Waals surface area contributed by atoms with Gasteiger partial charge in [-0.1, -0.05) is 0 Å². The average molecular weight is 134 g/mol. The van der Waals surface area contributed by atoms with E-state index in [1.807, 2.05) is 0 Å². The second kappa shape index (κ2) is 2.31. The van der Waals surface area contributed by atoms with Crippen LogP contribution in [0.1, 0.15) is 6.42 Å². The maximum Gasteiger partial charge on any atom is 0.335 e. The SMILES string of the molecule is O=C(O)[C@@H]1OCC[C@@H]1F. The van der Waals surface area contributed by atoms with Gasteiger partial charge in [-0.25, -0.2) is 9.18 Å². The smallest absolute Gasteiger partial charge is 0.335 e. The van der Waals surface area contributed by atoms with Crippen LogP contribution in [-0.2, 0) is 9.53 Å². The molecule has 0 aromatic carbocycles. The number of ether oxygens (including phenoxy) is 1. The minimum Gasteiger partial charge on any atom is -0.479 e. The maximum atomic E-state index is 12.3. The van der Waals surface area contributed by atoms with Crippen molar-refractivity contribution in [3.8, 4) is 0 Å². The van der Waals surface area contributed by atoms with Crippen LogP contribution in [0.5, 0.6) is 0 Å². The van der Waals surface area contributed by atoms with Crippen LogP contribution in [0.15, 0.2) is 0 Å². The molecule has 0 amide bonds. The van der Waals surface area contributed by atoms with Gasteiger partial charge in [0.15, 0.2) is 6.10 Å². The molecule has 1 heterocycles. The normalized spacial score (nSPS) is 34.8. The Balaban J connectivity index is 2.49. The fraction of sp³-hybridized carbons (Fsp3) is 0.800. The van der Waals surface area contributed by atoms with E-state index >= 15 is 0 Å². The van der Waals surface area contributed by atoms with Crippen LogP contribution in [0.25, 0.3) is 0 Å². The highest BCUT2D eigenvalue weighted by atomic mass is 19.1. The highest BCUT2D eigenvalue weighted by Crippen LogP contribution is 2.16. The number of carbonyl (C=O) groups is 1. The Morgan fingerprint density at radius 3 is 2.67 bits per heavy atom. The van der Waals surface area contributed by atoms with Crippen molar-refractivity contribution in [3.05, 3.63) is 0 Å². The molecule has 0 aromatic heterocycles. The maximum absolute atomic E-state index is 12.3. The Hall–Kier alpha value is -0.640. The highest BCUT2D eigenvalue weighted by Gasteiger charge is 2.33. The van der Waals surface area contributed by atoms with Crippen molar-refractivity contribution >= 4 is 5.97 Å². The second-order valence-electron chi connectivity index (χ2n) is 1.93. The van der Waals surface area contributed by atoms with Crippen LogP contribution < -0.4 is 0 Å². The lowest BCUT2D eigenvalue weighted by Crippen LogP contribution is -2.26. The molecule has 4 heteroatoms. The molecule has 52 valence electrons. The van der Waals surface area contributed by atoms with Crippen molar-refractivity contribution in [2.24, 2.45) is 0 Å². The molecule has 9 heavy (non-hydrogen) atoms. The molecule has 2 atom stereocenters. The third-order valence-corrected chi connectivity index (χ3v) is 1.26. The summed E-state index contributed by atoms with van der Waals surface area (Å²) in [7, 11) is 0. The molecule has 1 rings (SSSR count). The van der Waals surface area contributed by atoms with Gasteiger partial charge in [0.1, 0.15) is 6.17 Å². The molecule has 0 aromatic rings. The summed E-state index contributed by atoms with van der Waals surface area (Å²) >= 11 is 0. The number of carboxylic acid groups (broad SMARTS) is 1. The molecule has 3 nitrogen and oxygen atoms in total. The first kappa shape index (κ1) is 6.48. The van der Waals surface area contributed by atoms with Gasteiger partial charge in [-0.15, -0.1) is 0 Å². The van der Waals surface area contributed by atoms with Crippen molar-refractivity contribution in [1.82, 2.24) is 0 Å². The van der Waals surface area contributed by atoms with Gasteiger partial charge in [0.25, 0.3) is 0 Å². The molecule has 0 aliphatic carbocycles. The van der Waals surface area contributed by atoms with Gasteiger partial charge >= 0.3 is 5.97 Å². The van der Waals surface area contributed by atoms with Gasteiger partial charge in [0, 0.05) is 6.42 Å². The molecule has 1 aliphatic heterocycles. The molecule has 0 saturated carbocycles. The van der Waals surface area contributed by atoms with E-state index in [4.69, 9.17) is 5.11 Å². The van der Waals surface area contributed by atoms with E-state index in [0.29, 0.717) is 0 Å². The van der Waals surface area contributed by atoms with Crippen molar-refractivity contribution in [1.29, 1.82) is 0 Å². The molecule has 0 spiro atoms. The number of hydrogen-bond donors (Lipinski definition) is 1. The lowest BCUT2D eigenvalue weighted by atomic mass is 10.2. The minimum atomic E-state index is -1.32. The van der Waals surface area contributed by atoms with Crippen LogP contribution in [0.2, 0.25) is 0 Å². The number of halogens is 1. The molecular formula is C5H7FO3. The van der Waals surface area contributed by atoms with E-state index in [0.717, 1.165) is 0 Å². The quantitative estimate of drug-likeness (QED) is 0.557. The summed E-state index contributed by atoms with van der Waals surface area (Å²) in [5.74, 6) is -1.21. The van der Waals surface area contributed by atoms with Gasteiger partial charge < -0.3 is 9.84 Å². The first-order valence-corrected chi connectivity index (χ1v) is 2.70. The zero-order valence-corrected chi connectivity index (χ0v) is 4.71. The minimum absolute atomic E-state index is 0.205. The summed E-state index contributed by atoms with van der Waals surface area (Å²) in [6.07, 6.45) is -2.33. The number of alkyl halides is 1. The molecule has 0 unspecified atom stereocenters. The molecule has 1 saturated heterocycles. The lowest BCUT2D eigenvalue weighted by molar-refractivity contribution is -0.149. The van der Waals surface area contributed by atoms with Crippen LogP contribution in [0.4, 0.5) is 4.39 Å². The summed E-state index contributed by atoms with van der Waals surface area (Å²) in [6.45, 7) is 0.220. The van der Waals surface area contributed by atoms with Gasteiger partial charge in [0.05, 0.1) is 6.61 Å².